The molecule has 1 N–H and O–H groups in total. The lowest BCUT2D eigenvalue weighted by Gasteiger charge is -2.32. The Labute approximate surface area is 116 Å². The van der Waals surface area contributed by atoms with Crippen LogP contribution < -0.4 is 0 Å². The normalized spacial score (nSPS) is 28.5. The third kappa shape index (κ3) is 3.93. The first-order chi connectivity index (χ1) is 8.99. The lowest BCUT2D eigenvalue weighted by atomic mass is 10.1. The van der Waals surface area contributed by atoms with Gasteiger partial charge in [0, 0.05) is 37.1 Å². The molecule has 110 valence electrons. The monoisotopic (exact) mass is 268 g/mol. The largest absolute Gasteiger partial charge is 0.481 e. The number of carboxylic acids is 1. The molecule has 0 aromatic rings. The van der Waals surface area contributed by atoms with E-state index in [4.69, 9.17) is 5.11 Å². The van der Waals surface area contributed by atoms with Gasteiger partial charge >= 0.3 is 5.97 Å². The predicted molar refractivity (Wildman–Crippen MR) is 76.3 cm³/mol. The zero-order valence-corrected chi connectivity index (χ0v) is 12.5. The molecular formula is C15H28N2O2. The molecule has 4 nitrogen and oxygen atoms in total. The topological polar surface area (TPSA) is 43.8 Å². The Kier molecular flexibility index (Phi) is 4.85. The Hall–Kier alpha value is -0.610. The van der Waals surface area contributed by atoms with Gasteiger partial charge in [0.25, 0.3) is 0 Å². The van der Waals surface area contributed by atoms with E-state index in [0.717, 1.165) is 19.0 Å². The number of nitrogens with zero attached hydrogens (tertiary/aromatic N) is 2. The first-order valence-corrected chi connectivity index (χ1v) is 7.72. The van der Waals surface area contributed by atoms with E-state index >= 15 is 0 Å². The van der Waals surface area contributed by atoms with Gasteiger partial charge in [-0.05, 0) is 53.0 Å². The fourth-order valence-corrected chi connectivity index (χ4v) is 3.46. The molecule has 0 aromatic carbocycles. The summed E-state index contributed by atoms with van der Waals surface area (Å²) in [6.45, 7) is 8.89. The number of carbonyl (C=O) groups is 1. The molecule has 2 aliphatic rings. The van der Waals surface area contributed by atoms with E-state index in [-0.39, 0.29) is 6.42 Å². The van der Waals surface area contributed by atoms with Gasteiger partial charge in [-0.15, -0.1) is 0 Å². The molecule has 0 amide bonds. The fourth-order valence-electron chi connectivity index (χ4n) is 3.46. The second-order valence-corrected chi connectivity index (χ2v) is 6.50. The van der Waals surface area contributed by atoms with Crippen LogP contribution in [0.2, 0.25) is 0 Å². The number of aliphatic carboxylic acids is 1. The molecule has 0 radical (unpaired) electrons. The third-order valence-corrected chi connectivity index (χ3v) is 4.56. The van der Waals surface area contributed by atoms with Gasteiger partial charge in [-0.1, -0.05) is 0 Å². The van der Waals surface area contributed by atoms with Crippen LogP contribution in [0.5, 0.6) is 0 Å². The standard InChI is InChI=1S/C15H28N2O2/c1-11(2)16(8-4-5-15(18)19)14-9-12(3)17(10-14)13-6-7-13/h11-14H,4-10H2,1-3H3,(H,18,19). The van der Waals surface area contributed by atoms with E-state index in [1.807, 2.05) is 0 Å². The molecule has 1 saturated carbocycles. The van der Waals surface area contributed by atoms with Crippen LogP contribution in [0, 0.1) is 0 Å². The van der Waals surface area contributed by atoms with Crippen LogP contribution >= 0.6 is 0 Å². The maximum atomic E-state index is 10.6. The van der Waals surface area contributed by atoms with E-state index in [2.05, 4.69) is 30.6 Å². The molecule has 19 heavy (non-hydrogen) atoms. The van der Waals surface area contributed by atoms with Crippen molar-refractivity contribution >= 4 is 5.97 Å². The Balaban J connectivity index is 1.86. The van der Waals surface area contributed by atoms with Gasteiger partial charge in [0.05, 0.1) is 0 Å². The van der Waals surface area contributed by atoms with Gasteiger partial charge in [0.1, 0.15) is 0 Å². The molecule has 2 rings (SSSR count). The maximum Gasteiger partial charge on any atom is 0.303 e. The quantitative estimate of drug-likeness (QED) is 0.768. The minimum atomic E-state index is -0.678. The highest BCUT2D eigenvalue weighted by molar-refractivity contribution is 5.66. The Bertz CT molecular complexity index is 315. The molecule has 1 aliphatic carbocycles. The molecule has 2 atom stereocenters. The first-order valence-electron chi connectivity index (χ1n) is 7.72. The van der Waals surface area contributed by atoms with E-state index in [1.54, 1.807) is 0 Å². The summed E-state index contributed by atoms with van der Waals surface area (Å²) in [5.41, 5.74) is 0. The Morgan fingerprint density at radius 1 is 1.42 bits per heavy atom. The summed E-state index contributed by atoms with van der Waals surface area (Å²) in [4.78, 5) is 15.8. The molecule has 1 heterocycles. The maximum absolute atomic E-state index is 10.6. The van der Waals surface area contributed by atoms with Crippen LogP contribution in [0.25, 0.3) is 0 Å². The van der Waals surface area contributed by atoms with E-state index in [9.17, 15) is 4.79 Å². The molecule has 4 heteroatoms. The second kappa shape index (κ2) is 6.23. The highest BCUT2D eigenvalue weighted by Crippen LogP contribution is 2.35. The van der Waals surface area contributed by atoms with E-state index in [0.29, 0.717) is 18.1 Å². The van der Waals surface area contributed by atoms with Gasteiger partial charge in [-0.25, -0.2) is 0 Å². The third-order valence-electron chi connectivity index (χ3n) is 4.56. The summed E-state index contributed by atoms with van der Waals surface area (Å²) in [5.74, 6) is -0.678. The van der Waals surface area contributed by atoms with Crippen molar-refractivity contribution in [1.29, 1.82) is 0 Å². The average Bonchev–Trinajstić information content (AvgIpc) is 3.08. The SMILES string of the molecule is CC(C)N(CCCC(=O)O)C1CC(C)N(C2CC2)C1. The minimum absolute atomic E-state index is 0.290. The summed E-state index contributed by atoms with van der Waals surface area (Å²) in [7, 11) is 0. The average molecular weight is 268 g/mol. The van der Waals surface area contributed by atoms with Gasteiger partial charge in [-0.3, -0.25) is 14.6 Å². The number of hydrogen-bond acceptors (Lipinski definition) is 3. The summed E-state index contributed by atoms with van der Waals surface area (Å²) in [6, 6.07) is 2.65. The Morgan fingerprint density at radius 3 is 2.63 bits per heavy atom. The summed E-state index contributed by atoms with van der Waals surface area (Å²) < 4.78 is 0. The predicted octanol–water partition coefficient (Wildman–Crippen LogP) is 2.19. The summed E-state index contributed by atoms with van der Waals surface area (Å²) >= 11 is 0. The summed E-state index contributed by atoms with van der Waals surface area (Å²) in [5, 5.41) is 8.77. The van der Waals surface area contributed by atoms with Crippen molar-refractivity contribution in [1.82, 2.24) is 9.80 Å². The molecule has 2 unspecified atom stereocenters. The smallest absolute Gasteiger partial charge is 0.303 e. The molecule has 0 spiro atoms. The zero-order chi connectivity index (χ0) is 14.0. The highest BCUT2D eigenvalue weighted by Gasteiger charge is 2.40. The van der Waals surface area contributed by atoms with Gasteiger partial charge in [0.15, 0.2) is 0 Å². The highest BCUT2D eigenvalue weighted by atomic mass is 16.4. The van der Waals surface area contributed by atoms with Crippen LogP contribution in [-0.4, -0.2) is 58.1 Å². The molecule has 0 bridgehead atoms. The second-order valence-electron chi connectivity index (χ2n) is 6.50. The molecule has 2 fully saturated rings. The van der Waals surface area contributed by atoms with Crippen molar-refractivity contribution in [3.05, 3.63) is 0 Å². The van der Waals surface area contributed by atoms with Gasteiger partial charge < -0.3 is 5.11 Å². The molecule has 0 aromatic heterocycles. The minimum Gasteiger partial charge on any atom is -0.481 e. The number of carboxylic acid groups (broad SMARTS) is 1. The fraction of sp³-hybridized carbons (Fsp3) is 0.933. The van der Waals surface area contributed by atoms with Crippen LogP contribution in [0.1, 0.15) is 52.9 Å². The van der Waals surface area contributed by atoms with Crippen molar-refractivity contribution in [3.8, 4) is 0 Å². The van der Waals surface area contributed by atoms with Crippen LogP contribution in [0.3, 0.4) is 0 Å². The first kappa shape index (κ1) is 14.8. The summed E-state index contributed by atoms with van der Waals surface area (Å²) in [6.07, 6.45) is 5.04. The van der Waals surface area contributed by atoms with Crippen molar-refractivity contribution in [3.63, 3.8) is 0 Å². The van der Waals surface area contributed by atoms with Crippen molar-refractivity contribution in [2.24, 2.45) is 0 Å². The number of likely N-dealkylation sites (tertiary alicyclic amines) is 1. The van der Waals surface area contributed by atoms with Gasteiger partial charge in [0.2, 0.25) is 0 Å². The zero-order valence-electron chi connectivity index (χ0n) is 12.5. The van der Waals surface area contributed by atoms with E-state index < -0.39 is 5.97 Å². The number of rotatable bonds is 7. The van der Waals surface area contributed by atoms with Crippen molar-refractivity contribution in [2.45, 2.75) is 77.0 Å². The molecule has 1 aliphatic heterocycles. The van der Waals surface area contributed by atoms with Crippen molar-refractivity contribution in [2.75, 3.05) is 13.1 Å². The van der Waals surface area contributed by atoms with Crippen LogP contribution in [0.15, 0.2) is 0 Å². The number of hydrogen-bond donors (Lipinski definition) is 1. The van der Waals surface area contributed by atoms with E-state index in [1.165, 1.54) is 25.8 Å². The Morgan fingerprint density at radius 2 is 2.11 bits per heavy atom. The lowest BCUT2D eigenvalue weighted by molar-refractivity contribution is -0.137. The molecular weight excluding hydrogens is 240 g/mol. The van der Waals surface area contributed by atoms with Crippen LogP contribution in [-0.2, 0) is 4.79 Å². The van der Waals surface area contributed by atoms with Crippen LogP contribution in [0.4, 0.5) is 0 Å². The van der Waals surface area contributed by atoms with Gasteiger partial charge in [-0.2, -0.15) is 0 Å². The molecule has 1 saturated heterocycles. The lowest BCUT2D eigenvalue weighted by Crippen LogP contribution is -2.43. The van der Waals surface area contributed by atoms with Crippen molar-refractivity contribution < 1.29 is 9.90 Å².